The molecule has 0 aliphatic heterocycles. The molecule has 20 heavy (non-hydrogen) atoms. The molecule has 110 valence electrons. The molecule has 1 aromatic carbocycles. The van der Waals surface area contributed by atoms with Crippen LogP contribution in [0, 0.1) is 0 Å². The summed E-state index contributed by atoms with van der Waals surface area (Å²) in [4.78, 5) is 14.0. The third-order valence-electron chi connectivity index (χ3n) is 2.80. The summed E-state index contributed by atoms with van der Waals surface area (Å²) in [5.41, 5.74) is 6.28. The topological polar surface area (TPSA) is 64.8 Å². The molecule has 5 nitrogen and oxygen atoms in total. The first-order valence-electron chi connectivity index (χ1n) is 6.37. The van der Waals surface area contributed by atoms with E-state index < -0.39 is 0 Å². The van der Waals surface area contributed by atoms with Crippen molar-refractivity contribution >= 4 is 23.1 Å². The second-order valence-electron chi connectivity index (χ2n) is 4.14. The molecule has 2 N–H and O–H groups in total. The van der Waals surface area contributed by atoms with Crippen LogP contribution in [0.2, 0.25) is 0 Å². The molecule has 0 saturated heterocycles. The van der Waals surface area contributed by atoms with Crippen LogP contribution in [0.4, 0.5) is 0 Å². The van der Waals surface area contributed by atoms with Crippen molar-refractivity contribution in [3.8, 4) is 5.75 Å². The molecule has 1 aromatic rings. The molecule has 0 saturated carbocycles. The number of nitrogens with zero attached hydrogens (tertiary/aromatic N) is 1. The van der Waals surface area contributed by atoms with E-state index in [0.29, 0.717) is 30.4 Å². The maximum Gasteiger partial charge on any atom is 0.260 e. The van der Waals surface area contributed by atoms with Crippen LogP contribution in [-0.2, 0) is 9.53 Å². The Bertz CT molecular complexity index is 448. The van der Waals surface area contributed by atoms with Crippen molar-refractivity contribution in [1.29, 1.82) is 0 Å². The number of likely N-dealkylation sites (N-methyl/N-ethyl adjacent to an activating group) is 1. The van der Waals surface area contributed by atoms with E-state index in [1.165, 1.54) is 0 Å². The lowest BCUT2D eigenvalue weighted by atomic mass is 10.2. The molecule has 0 fully saturated rings. The number of methoxy groups -OCH3 is 1. The van der Waals surface area contributed by atoms with E-state index in [0.717, 1.165) is 5.56 Å². The molecule has 0 atom stereocenters. The van der Waals surface area contributed by atoms with E-state index >= 15 is 0 Å². The summed E-state index contributed by atoms with van der Waals surface area (Å²) < 4.78 is 10.4. The highest BCUT2D eigenvalue weighted by molar-refractivity contribution is 7.80. The van der Waals surface area contributed by atoms with Crippen molar-refractivity contribution in [2.75, 3.05) is 33.4 Å². The minimum atomic E-state index is -0.0667. The van der Waals surface area contributed by atoms with Crippen LogP contribution in [0.3, 0.4) is 0 Å². The molecule has 0 aliphatic carbocycles. The van der Waals surface area contributed by atoms with E-state index in [1.807, 2.05) is 6.92 Å². The summed E-state index contributed by atoms with van der Waals surface area (Å²) in [6.07, 6.45) is 0. The van der Waals surface area contributed by atoms with Gasteiger partial charge in [-0.1, -0.05) is 12.2 Å². The van der Waals surface area contributed by atoms with Gasteiger partial charge in [0.15, 0.2) is 6.61 Å². The van der Waals surface area contributed by atoms with Crippen LogP contribution >= 0.6 is 12.2 Å². The molecule has 0 unspecified atom stereocenters. The normalized spacial score (nSPS) is 10.1. The molecular weight excluding hydrogens is 276 g/mol. The second-order valence-corrected chi connectivity index (χ2v) is 4.58. The van der Waals surface area contributed by atoms with E-state index in [9.17, 15) is 4.79 Å². The predicted molar refractivity (Wildman–Crippen MR) is 82.0 cm³/mol. The zero-order valence-corrected chi connectivity index (χ0v) is 12.6. The summed E-state index contributed by atoms with van der Waals surface area (Å²) in [5.74, 6) is 0.545. The van der Waals surface area contributed by atoms with E-state index in [-0.39, 0.29) is 12.5 Å². The molecule has 1 amide bonds. The number of rotatable bonds is 8. The molecule has 0 bridgehead atoms. The fraction of sp³-hybridized carbons (Fsp3) is 0.429. The van der Waals surface area contributed by atoms with Gasteiger partial charge in [-0.15, -0.1) is 0 Å². The predicted octanol–water partition coefficient (Wildman–Crippen LogP) is 1.19. The molecule has 0 aromatic heterocycles. The molecule has 0 radical (unpaired) electrons. The maximum atomic E-state index is 11.9. The van der Waals surface area contributed by atoms with Gasteiger partial charge >= 0.3 is 0 Å². The number of carbonyl (C=O) groups is 1. The van der Waals surface area contributed by atoms with Crippen LogP contribution in [-0.4, -0.2) is 49.2 Å². The van der Waals surface area contributed by atoms with Crippen LogP contribution in [0.1, 0.15) is 12.5 Å². The number of hydrogen-bond acceptors (Lipinski definition) is 4. The van der Waals surface area contributed by atoms with Gasteiger partial charge in [-0.3, -0.25) is 4.79 Å². The zero-order chi connectivity index (χ0) is 15.0. The second kappa shape index (κ2) is 8.50. The quantitative estimate of drug-likeness (QED) is 0.730. The summed E-state index contributed by atoms with van der Waals surface area (Å²) in [5, 5.41) is 0. The van der Waals surface area contributed by atoms with Gasteiger partial charge in [-0.25, -0.2) is 0 Å². The van der Waals surface area contributed by atoms with E-state index in [4.69, 9.17) is 27.4 Å². The lowest BCUT2D eigenvalue weighted by Gasteiger charge is -2.20. The Morgan fingerprint density at radius 3 is 2.50 bits per heavy atom. The summed E-state index contributed by atoms with van der Waals surface area (Å²) in [6, 6.07) is 7.02. The SMILES string of the molecule is CCN(CCOC)C(=O)COc1ccc(C(N)=S)cc1. The first-order chi connectivity index (χ1) is 9.58. The summed E-state index contributed by atoms with van der Waals surface area (Å²) in [6.45, 7) is 3.64. The molecule has 0 spiro atoms. The average Bonchev–Trinajstić information content (AvgIpc) is 2.46. The largest absolute Gasteiger partial charge is 0.484 e. The van der Waals surface area contributed by atoms with E-state index in [1.54, 1.807) is 36.3 Å². The third kappa shape index (κ3) is 5.14. The number of ether oxygens (including phenoxy) is 2. The van der Waals surface area contributed by atoms with Gasteiger partial charge in [0.2, 0.25) is 0 Å². The highest BCUT2D eigenvalue weighted by Gasteiger charge is 2.11. The van der Waals surface area contributed by atoms with Crippen molar-refractivity contribution in [2.24, 2.45) is 5.73 Å². The summed E-state index contributed by atoms with van der Waals surface area (Å²) >= 11 is 4.87. The Hall–Kier alpha value is -1.66. The highest BCUT2D eigenvalue weighted by atomic mass is 32.1. The van der Waals surface area contributed by atoms with Gasteiger partial charge in [-0.2, -0.15) is 0 Å². The fourth-order valence-corrected chi connectivity index (χ4v) is 1.75. The van der Waals surface area contributed by atoms with Crippen LogP contribution in [0.5, 0.6) is 5.75 Å². The Balaban J connectivity index is 2.49. The smallest absolute Gasteiger partial charge is 0.260 e. The van der Waals surface area contributed by atoms with Gasteiger partial charge in [0.05, 0.1) is 6.61 Å². The molecule has 0 heterocycles. The Morgan fingerprint density at radius 1 is 1.35 bits per heavy atom. The van der Waals surface area contributed by atoms with Crippen LogP contribution in [0.25, 0.3) is 0 Å². The summed E-state index contributed by atoms with van der Waals surface area (Å²) in [7, 11) is 1.61. The van der Waals surface area contributed by atoms with Crippen molar-refractivity contribution in [3.05, 3.63) is 29.8 Å². The van der Waals surface area contributed by atoms with Crippen molar-refractivity contribution in [2.45, 2.75) is 6.92 Å². The number of amides is 1. The number of thiocarbonyl (C=S) groups is 1. The molecule has 1 rings (SSSR count). The first kappa shape index (κ1) is 16.4. The molecular formula is C14H20N2O3S. The average molecular weight is 296 g/mol. The lowest BCUT2D eigenvalue weighted by molar-refractivity contribution is -0.133. The van der Waals surface area contributed by atoms with E-state index in [2.05, 4.69) is 0 Å². The molecule has 0 aliphatic rings. The molecule has 6 heteroatoms. The van der Waals surface area contributed by atoms with Gasteiger partial charge in [0.25, 0.3) is 5.91 Å². The Morgan fingerprint density at radius 2 is 2.00 bits per heavy atom. The van der Waals surface area contributed by atoms with Crippen molar-refractivity contribution in [3.63, 3.8) is 0 Å². The minimum Gasteiger partial charge on any atom is -0.484 e. The Kier molecular flexibility index (Phi) is 6.97. The van der Waals surface area contributed by atoms with Crippen LogP contribution < -0.4 is 10.5 Å². The number of nitrogens with two attached hydrogens (primary N) is 1. The lowest BCUT2D eigenvalue weighted by Crippen LogP contribution is -2.37. The van der Waals surface area contributed by atoms with Gasteiger partial charge < -0.3 is 20.1 Å². The monoisotopic (exact) mass is 296 g/mol. The van der Waals surface area contributed by atoms with Gasteiger partial charge in [0, 0.05) is 25.8 Å². The van der Waals surface area contributed by atoms with Crippen molar-refractivity contribution < 1.29 is 14.3 Å². The fourth-order valence-electron chi connectivity index (χ4n) is 1.61. The first-order valence-corrected chi connectivity index (χ1v) is 6.78. The highest BCUT2D eigenvalue weighted by Crippen LogP contribution is 2.12. The number of hydrogen-bond donors (Lipinski definition) is 1. The number of carbonyl (C=O) groups excluding carboxylic acids is 1. The standard InChI is InChI=1S/C14H20N2O3S/c1-3-16(8-9-18-2)13(17)10-19-12-6-4-11(5-7-12)14(15)20/h4-7H,3,8-10H2,1-2H3,(H2,15,20). The van der Waals surface area contributed by atoms with Gasteiger partial charge in [0.1, 0.15) is 10.7 Å². The maximum absolute atomic E-state index is 11.9. The number of benzene rings is 1. The third-order valence-corrected chi connectivity index (χ3v) is 3.04. The van der Waals surface area contributed by atoms with Crippen molar-refractivity contribution in [1.82, 2.24) is 4.90 Å². The minimum absolute atomic E-state index is 0.00394. The zero-order valence-electron chi connectivity index (χ0n) is 11.8. The Labute approximate surface area is 124 Å². The van der Waals surface area contributed by atoms with Gasteiger partial charge in [-0.05, 0) is 31.2 Å². The van der Waals surface area contributed by atoms with Crippen LogP contribution in [0.15, 0.2) is 24.3 Å².